The average Bonchev–Trinajstić information content (AvgIpc) is 2.29. The molecule has 0 aliphatic heterocycles. The Morgan fingerprint density at radius 2 is 1.22 bits per heavy atom. The lowest BCUT2D eigenvalue weighted by molar-refractivity contribution is -0.166. The lowest BCUT2D eigenvalue weighted by atomic mass is 10.5. The summed E-state index contributed by atoms with van der Waals surface area (Å²) in [5.41, 5.74) is 0. The van der Waals surface area contributed by atoms with Gasteiger partial charge in [-0.2, -0.15) is 0 Å². The minimum Gasteiger partial charge on any atom is -0.453 e. The fraction of sp³-hybridized carbons (Fsp3) is 0.167. The van der Waals surface area contributed by atoms with Crippen LogP contribution in [0.25, 0.3) is 0 Å². The van der Waals surface area contributed by atoms with Crippen molar-refractivity contribution >= 4 is 11.9 Å². The summed E-state index contributed by atoms with van der Waals surface area (Å²) in [4.78, 5) is 21.9. The number of hydrogen-bond donors (Lipinski definition) is 0. The van der Waals surface area contributed by atoms with Crippen molar-refractivity contribution in [3.8, 4) is 0 Å². The standard InChI is InChI=1S/C12H12F2O4/c1-9(13)5-3-7-17-11(15)12(16)18-8-4-6-10(2)14/h3-6H,1-2,7-8H2/b5-3+,6-4+. The summed E-state index contributed by atoms with van der Waals surface area (Å²) in [5.74, 6) is -3.86. The molecule has 0 rings (SSSR count). The zero-order chi connectivity index (χ0) is 14.0. The van der Waals surface area contributed by atoms with Crippen molar-refractivity contribution in [1.29, 1.82) is 0 Å². The predicted octanol–water partition coefficient (Wildman–Crippen LogP) is 2.15. The van der Waals surface area contributed by atoms with Crippen molar-refractivity contribution < 1.29 is 27.8 Å². The van der Waals surface area contributed by atoms with E-state index in [0.717, 1.165) is 12.2 Å². The molecule has 0 aromatic rings. The van der Waals surface area contributed by atoms with Crippen LogP contribution in [0.5, 0.6) is 0 Å². The molecule has 4 nitrogen and oxygen atoms in total. The van der Waals surface area contributed by atoms with Crippen LogP contribution >= 0.6 is 0 Å². The van der Waals surface area contributed by atoms with E-state index in [1.165, 1.54) is 12.2 Å². The van der Waals surface area contributed by atoms with E-state index in [1.54, 1.807) is 0 Å². The number of hydrogen-bond acceptors (Lipinski definition) is 4. The topological polar surface area (TPSA) is 52.6 Å². The number of halogens is 2. The second kappa shape index (κ2) is 8.86. The van der Waals surface area contributed by atoms with Crippen molar-refractivity contribution in [3.05, 3.63) is 49.1 Å². The third-order valence-electron chi connectivity index (χ3n) is 1.39. The summed E-state index contributed by atoms with van der Waals surface area (Å²) in [7, 11) is 0. The van der Waals surface area contributed by atoms with Crippen LogP contribution in [-0.2, 0) is 19.1 Å². The first kappa shape index (κ1) is 15.8. The quantitative estimate of drug-likeness (QED) is 0.416. The Hall–Kier alpha value is -2.24. The molecular weight excluding hydrogens is 246 g/mol. The highest BCUT2D eigenvalue weighted by atomic mass is 19.1. The molecule has 0 heterocycles. The summed E-state index contributed by atoms with van der Waals surface area (Å²) >= 11 is 0. The number of rotatable bonds is 6. The van der Waals surface area contributed by atoms with E-state index in [2.05, 4.69) is 22.6 Å². The fourth-order valence-electron chi connectivity index (χ4n) is 0.717. The monoisotopic (exact) mass is 258 g/mol. The highest BCUT2D eigenvalue weighted by Gasteiger charge is 2.15. The van der Waals surface area contributed by atoms with Crippen molar-refractivity contribution in [1.82, 2.24) is 0 Å². The molecule has 0 aliphatic rings. The summed E-state index contributed by atoms with van der Waals surface area (Å²) in [6, 6.07) is 0. The van der Waals surface area contributed by atoms with Crippen LogP contribution < -0.4 is 0 Å². The molecule has 0 atom stereocenters. The normalized spacial score (nSPS) is 10.6. The van der Waals surface area contributed by atoms with Crippen molar-refractivity contribution in [2.75, 3.05) is 13.2 Å². The Labute approximate surface area is 103 Å². The molecule has 18 heavy (non-hydrogen) atoms. The fourth-order valence-corrected chi connectivity index (χ4v) is 0.717. The van der Waals surface area contributed by atoms with Crippen LogP contribution in [0.3, 0.4) is 0 Å². The Kier molecular flexibility index (Phi) is 7.76. The first-order valence-electron chi connectivity index (χ1n) is 4.79. The molecule has 0 aliphatic carbocycles. The molecule has 0 saturated heterocycles. The zero-order valence-electron chi connectivity index (χ0n) is 9.53. The number of carbonyl (C=O) groups is 2. The largest absolute Gasteiger partial charge is 0.453 e. The molecule has 0 fully saturated rings. The van der Waals surface area contributed by atoms with Gasteiger partial charge < -0.3 is 9.47 Å². The molecule has 0 radical (unpaired) electrons. The maximum atomic E-state index is 12.1. The third kappa shape index (κ3) is 9.02. The van der Waals surface area contributed by atoms with Gasteiger partial charge in [-0.25, -0.2) is 18.4 Å². The molecule has 0 bridgehead atoms. The molecule has 0 saturated carbocycles. The summed E-state index contributed by atoms with van der Waals surface area (Å²) in [6.45, 7) is 5.31. The molecule has 0 aromatic heterocycles. The van der Waals surface area contributed by atoms with E-state index in [0.29, 0.717) is 0 Å². The Bertz CT molecular complexity index is 359. The smallest absolute Gasteiger partial charge is 0.417 e. The molecule has 0 unspecified atom stereocenters. The van der Waals surface area contributed by atoms with E-state index in [1.807, 2.05) is 0 Å². The molecule has 98 valence electrons. The van der Waals surface area contributed by atoms with E-state index >= 15 is 0 Å². The summed E-state index contributed by atoms with van der Waals surface area (Å²) in [6.07, 6.45) is 4.30. The van der Waals surface area contributed by atoms with Crippen molar-refractivity contribution in [2.45, 2.75) is 0 Å². The summed E-state index contributed by atoms with van der Waals surface area (Å²) in [5, 5.41) is 0. The van der Waals surface area contributed by atoms with Gasteiger partial charge in [-0.3, -0.25) is 0 Å². The lowest BCUT2D eigenvalue weighted by Crippen LogP contribution is -2.20. The van der Waals surface area contributed by atoms with Gasteiger partial charge >= 0.3 is 11.9 Å². The molecule has 0 N–H and O–H groups in total. The molecule has 0 amide bonds. The molecular formula is C12H12F2O4. The Morgan fingerprint density at radius 1 is 0.889 bits per heavy atom. The molecule has 0 aromatic carbocycles. The van der Waals surface area contributed by atoms with Crippen molar-refractivity contribution in [3.63, 3.8) is 0 Å². The van der Waals surface area contributed by atoms with Gasteiger partial charge in [0, 0.05) is 0 Å². The van der Waals surface area contributed by atoms with Gasteiger partial charge in [0.25, 0.3) is 0 Å². The predicted molar refractivity (Wildman–Crippen MR) is 60.7 cm³/mol. The lowest BCUT2D eigenvalue weighted by Gasteiger charge is -2.01. The van der Waals surface area contributed by atoms with Crippen molar-refractivity contribution in [2.24, 2.45) is 0 Å². The van der Waals surface area contributed by atoms with Gasteiger partial charge in [0.15, 0.2) is 0 Å². The SMILES string of the molecule is C=C(F)/C=C/COC(=O)C(=O)OC/C=C/C(=C)F. The first-order chi connectivity index (χ1) is 8.43. The second-order valence-corrected chi connectivity index (χ2v) is 2.90. The van der Waals surface area contributed by atoms with Crippen LogP contribution in [0.2, 0.25) is 0 Å². The highest BCUT2D eigenvalue weighted by molar-refractivity contribution is 6.29. The first-order valence-corrected chi connectivity index (χ1v) is 4.79. The van der Waals surface area contributed by atoms with Gasteiger partial charge in [-0.1, -0.05) is 13.2 Å². The number of allylic oxidation sites excluding steroid dienone is 4. The van der Waals surface area contributed by atoms with E-state index < -0.39 is 23.6 Å². The third-order valence-corrected chi connectivity index (χ3v) is 1.39. The minimum atomic E-state index is -1.23. The maximum Gasteiger partial charge on any atom is 0.417 e. The molecule has 0 spiro atoms. The summed E-state index contributed by atoms with van der Waals surface area (Å²) < 4.78 is 33.0. The Balaban J connectivity index is 3.87. The van der Waals surface area contributed by atoms with Gasteiger partial charge in [-0.05, 0) is 24.3 Å². The van der Waals surface area contributed by atoms with E-state index in [9.17, 15) is 18.4 Å². The van der Waals surface area contributed by atoms with Crippen LogP contribution in [0.1, 0.15) is 0 Å². The zero-order valence-corrected chi connectivity index (χ0v) is 9.53. The minimum absolute atomic E-state index is 0.284. The maximum absolute atomic E-state index is 12.1. The van der Waals surface area contributed by atoms with Gasteiger partial charge in [0.2, 0.25) is 0 Å². The molecule has 6 heteroatoms. The average molecular weight is 258 g/mol. The van der Waals surface area contributed by atoms with Gasteiger partial charge in [-0.15, -0.1) is 0 Å². The van der Waals surface area contributed by atoms with Gasteiger partial charge in [0.1, 0.15) is 24.9 Å². The van der Waals surface area contributed by atoms with Crippen LogP contribution in [-0.4, -0.2) is 25.2 Å². The van der Waals surface area contributed by atoms with Crippen LogP contribution in [0.4, 0.5) is 8.78 Å². The van der Waals surface area contributed by atoms with Crippen LogP contribution in [0, 0.1) is 0 Å². The Morgan fingerprint density at radius 3 is 1.50 bits per heavy atom. The number of carbonyl (C=O) groups excluding carboxylic acids is 2. The highest BCUT2D eigenvalue weighted by Crippen LogP contribution is 1.94. The van der Waals surface area contributed by atoms with Crippen LogP contribution in [0.15, 0.2) is 49.1 Å². The van der Waals surface area contributed by atoms with E-state index in [-0.39, 0.29) is 13.2 Å². The second-order valence-electron chi connectivity index (χ2n) is 2.90. The number of esters is 2. The van der Waals surface area contributed by atoms with E-state index in [4.69, 9.17) is 0 Å². The number of ether oxygens (including phenoxy) is 2. The van der Waals surface area contributed by atoms with Gasteiger partial charge in [0.05, 0.1) is 0 Å².